The maximum Gasteiger partial charge on any atom is 0.0345 e. The third-order valence-corrected chi connectivity index (χ3v) is 3.26. The molecule has 1 unspecified atom stereocenters. The average Bonchev–Trinajstić information content (AvgIpc) is 2.17. The molecule has 1 rings (SSSR count). The van der Waals surface area contributed by atoms with Crippen molar-refractivity contribution in [2.45, 2.75) is 26.3 Å². The Morgan fingerprint density at radius 2 is 2.00 bits per heavy atom. The van der Waals surface area contributed by atoms with E-state index in [1.54, 1.807) is 0 Å². The molecule has 0 aromatic rings. The summed E-state index contributed by atoms with van der Waals surface area (Å²) in [4.78, 5) is 4.90. The fourth-order valence-corrected chi connectivity index (χ4v) is 1.98. The molecule has 1 aliphatic heterocycles. The summed E-state index contributed by atoms with van der Waals surface area (Å²) in [5, 5.41) is 3.57. The molecule has 3 nitrogen and oxygen atoms in total. The zero-order valence-electron chi connectivity index (χ0n) is 10.8. The molecule has 90 valence electrons. The van der Waals surface area contributed by atoms with Crippen molar-refractivity contribution in [2.24, 2.45) is 5.92 Å². The van der Waals surface area contributed by atoms with Crippen LogP contribution >= 0.6 is 0 Å². The largest absolute Gasteiger partial charge is 0.315 e. The molecule has 1 aliphatic rings. The highest BCUT2D eigenvalue weighted by Gasteiger charge is 2.21. The van der Waals surface area contributed by atoms with Crippen LogP contribution in [0.4, 0.5) is 0 Å². The van der Waals surface area contributed by atoms with Crippen molar-refractivity contribution in [3.63, 3.8) is 0 Å². The van der Waals surface area contributed by atoms with Crippen molar-refractivity contribution >= 4 is 0 Å². The lowest BCUT2D eigenvalue weighted by Crippen LogP contribution is -2.53. The Bertz CT molecular complexity index is 170. The molecule has 1 fully saturated rings. The van der Waals surface area contributed by atoms with Gasteiger partial charge in [0.2, 0.25) is 0 Å². The van der Waals surface area contributed by atoms with E-state index in [1.807, 2.05) is 0 Å². The van der Waals surface area contributed by atoms with E-state index < -0.39 is 0 Å². The first-order valence-corrected chi connectivity index (χ1v) is 6.19. The van der Waals surface area contributed by atoms with E-state index in [1.165, 1.54) is 26.1 Å². The highest BCUT2D eigenvalue weighted by atomic mass is 15.3. The molecule has 1 N–H and O–H groups in total. The number of hydrogen-bond acceptors (Lipinski definition) is 3. The molecule has 1 heterocycles. The number of piperazine rings is 1. The first-order valence-electron chi connectivity index (χ1n) is 6.19. The van der Waals surface area contributed by atoms with Crippen LogP contribution in [0.25, 0.3) is 0 Å². The van der Waals surface area contributed by atoms with Crippen LogP contribution in [0.3, 0.4) is 0 Å². The molecule has 1 saturated heterocycles. The van der Waals surface area contributed by atoms with Gasteiger partial charge in [-0.15, -0.1) is 0 Å². The zero-order chi connectivity index (χ0) is 11.3. The topological polar surface area (TPSA) is 18.5 Å². The van der Waals surface area contributed by atoms with Crippen molar-refractivity contribution in [1.82, 2.24) is 15.1 Å². The van der Waals surface area contributed by atoms with Gasteiger partial charge in [-0.05, 0) is 33.0 Å². The molecule has 0 aromatic carbocycles. The second-order valence-electron chi connectivity index (χ2n) is 5.28. The van der Waals surface area contributed by atoms with E-state index in [-0.39, 0.29) is 0 Å². The van der Waals surface area contributed by atoms with Gasteiger partial charge in [0.1, 0.15) is 0 Å². The summed E-state index contributed by atoms with van der Waals surface area (Å²) in [6.07, 6.45) is 1.28. The van der Waals surface area contributed by atoms with E-state index in [2.05, 4.69) is 43.1 Å². The first kappa shape index (κ1) is 12.9. The maximum atomic E-state index is 3.57. The van der Waals surface area contributed by atoms with Gasteiger partial charge in [0.15, 0.2) is 0 Å². The predicted molar refractivity (Wildman–Crippen MR) is 66.2 cm³/mol. The van der Waals surface area contributed by atoms with Gasteiger partial charge < -0.3 is 10.2 Å². The van der Waals surface area contributed by atoms with E-state index in [4.69, 9.17) is 0 Å². The molecule has 0 aliphatic carbocycles. The van der Waals surface area contributed by atoms with Gasteiger partial charge in [0.25, 0.3) is 0 Å². The molecule has 0 amide bonds. The summed E-state index contributed by atoms with van der Waals surface area (Å²) in [6.45, 7) is 10.5. The second kappa shape index (κ2) is 6.46. The molecule has 0 spiro atoms. The summed E-state index contributed by atoms with van der Waals surface area (Å²) >= 11 is 0. The van der Waals surface area contributed by atoms with Crippen LogP contribution < -0.4 is 5.32 Å². The highest BCUT2D eigenvalue weighted by molar-refractivity contribution is 4.80. The van der Waals surface area contributed by atoms with Crippen molar-refractivity contribution in [3.8, 4) is 0 Å². The Balaban J connectivity index is 2.13. The molecule has 1 atom stereocenters. The minimum Gasteiger partial charge on any atom is -0.315 e. The highest BCUT2D eigenvalue weighted by Crippen LogP contribution is 2.05. The number of rotatable bonds is 5. The minimum atomic E-state index is 0.691. The quantitative estimate of drug-likeness (QED) is 0.684. The first-order chi connectivity index (χ1) is 7.09. The summed E-state index contributed by atoms with van der Waals surface area (Å²) in [5.41, 5.74) is 0. The van der Waals surface area contributed by atoms with Crippen LogP contribution in [0.2, 0.25) is 0 Å². The molecule has 3 heteroatoms. The van der Waals surface area contributed by atoms with Crippen LogP contribution in [-0.4, -0.2) is 62.7 Å². The van der Waals surface area contributed by atoms with Gasteiger partial charge in [-0.3, -0.25) is 4.90 Å². The smallest absolute Gasteiger partial charge is 0.0345 e. The van der Waals surface area contributed by atoms with Gasteiger partial charge in [-0.1, -0.05) is 13.8 Å². The van der Waals surface area contributed by atoms with Gasteiger partial charge in [-0.25, -0.2) is 0 Å². The van der Waals surface area contributed by atoms with Crippen LogP contribution in [0.1, 0.15) is 20.3 Å². The van der Waals surface area contributed by atoms with E-state index in [0.717, 1.165) is 19.0 Å². The molecule has 0 radical (unpaired) electrons. The Hall–Kier alpha value is -0.120. The second-order valence-corrected chi connectivity index (χ2v) is 5.28. The fourth-order valence-electron chi connectivity index (χ4n) is 1.98. The van der Waals surface area contributed by atoms with E-state index in [0.29, 0.717) is 6.04 Å². The molecule has 0 bridgehead atoms. The Morgan fingerprint density at radius 1 is 1.27 bits per heavy atom. The Kier molecular flexibility index (Phi) is 5.58. The van der Waals surface area contributed by atoms with Crippen LogP contribution in [-0.2, 0) is 0 Å². The molecular formula is C12H27N3. The van der Waals surface area contributed by atoms with Gasteiger partial charge in [0.05, 0.1) is 0 Å². The number of hydrogen-bond donors (Lipinski definition) is 1. The van der Waals surface area contributed by atoms with Gasteiger partial charge >= 0.3 is 0 Å². The SMILES string of the molecule is CC(C)CCNCC1CN(C)CCN1C. The minimum absolute atomic E-state index is 0.691. The number of nitrogens with zero attached hydrogens (tertiary/aromatic N) is 2. The Morgan fingerprint density at radius 3 is 2.67 bits per heavy atom. The lowest BCUT2D eigenvalue weighted by molar-refractivity contribution is 0.113. The van der Waals surface area contributed by atoms with Crippen molar-refractivity contribution in [1.29, 1.82) is 0 Å². The van der Waals surface area contributed by atoms with Crippen LogP contribution in [0.5, 0.6) is 0 Å². The van der Waals surface area contributed by atoms with E-state index >= 15 is 0 Å². The summed E-state index contributed by atoms with van der Waals surface area (Å²) < 4.78 is 0. The monoisotopic (exact) mass is 213 g/mol. The summed E-state index contributed by atoms with van der Waals surface area (Å²) in [7, 11) is 4.45. The third-order valence-electron chi connectivity index (χ3n) is 3.26. The average molecular weight is 213 g/mol. The van der Waals surface area contributed by atoms with Crippen LogP contribution in [0.15, 0.2) is 0 Å². The van der Waals surface area contributed by atoms with Crippen molar-refractivity contribution in [2.75, 3.05) is 46.8 Å². The Labute approximate surface area is 94.8 Å². The molecule has 15 heavy (non-hydrogen) atoms. The van der Waals surface area contributed by atoms with Gasteiger partial charge in [0, 0.05) is 32.2 Å². The fraction of sp³-hybridized carbons (Fsp3) is 1.00. The third kappa shape index (κ3) is 4.96. The molecule has 0 aromatic heterocycles. The molecular weight excluding hydrogens is 186 g/mol. The number of nitrogens with one attached hydrogen (secondary N) is 1. The van der Waals surface area contributed by atoms with Crippen molar-refractivity contribution in [3.05, 3.63) is 0 Å². The standard InChI is InChI=1S/C12H27N3/c1-11(2)5-6-13-9-12-10-14(3)7-8-15(12)4/h11-13H,5-10H2,1-4H3. The predicted octanol–water partition coefficient (Wildman–Crippen LogP) is 0.868. The van der Waals surface area contributed by atoms with Crippen molar-refractivity contribution < 1.29 is 0 Å². The van der Waals surface area contributed by atoms with E-state index in [9.17, 15) is 0 Å². The normalized spacial score (nSPS) is 25.0. The zero-order valence-corrected chi connectivity index (χ0v) is 10.8. The number of likely N-dealkylation sites (N-methyl/N-ethyl adjacent to an activating group) is 2. The lowest BCUT2D eigenvalue weighted by atomic mass is 10.1. The molecule has 0 saturated carbocycles. The van der Waals surface area contributed by atoms with Gasteiger partial charge in [-0.2, -0.15) is 0 Å². The summed E-state index contributed by atoms with van der Waals surface area (Å²) in [5.74, 6) is 0.809. The lowest BCUT2D eigenvalue weighted by Gasteiger charge is -2.37. The van der Waals surface area contributed by atoms with Crippen LogP contribution in [0, 0.1) is 5.92 Å². The summed E-state index contributed by atoms with van der Waals surface area (Å²) in [6, 6.07) is 0.691. The maximum absolute atomic E-state index is 3.57.